The molecule has 0 saturated carbocycles. The van der Waals surface area contributed by atoms with Gasteiger partial charge in [-0.25, -0.2) is 0 Å². The molecule has 37 heavy (non-hydrogen) atoms. The molecule has 3 rings (SSSR count). The van der Waals surface area contributed by atoms with Gasteiger partial charge in [-0.05, 0) is 61.8 Å². The van der Waals surface area contributed by atoms with E-state index in [1.165, 1.54) is 13.0 Å². The second-order valence-electron chi connectivity index (χ2n) is 10.1. The number of carbonyl (C=O) groups excluding carboxylic acids is 3. The van der Waals surface area contributed by atoms with Gasteiger partial charge >= 0.3 is 6.18 Å². The average molecular weight is 518 g/mol. The summed E-state index contributed by atoms with van der Waals surface area (Å²) in [6.45, 7) is 7.45. The van der Waals surface area contributed by atoms with Gasteiger partial charge in [-0.2, -0.15) is 13.2 Å². The molecule has 1 aliphatic heterocycles. The third kappa shape index (κ3) is 7.17. The van der Waals surface area contributed by atoms with Crippen LogP contribution in [0.3, 0.4) is 0 Å². The van der Waals surface area contributed by atoms with Crippen LogP contribution < -0.4 is 5.32 Å². The standard InChI is InChI=1S/C28H34F3N3O3/c1-17(2)13-24(34-12-8-7-11-25(34)36)27(37)33-23(14-19(4)35)20-15-22(21-10-6-5-9-18(21)3)26(32-16-20)28(29,30)31/h5-6,9-10,15-17,23-24H,7-8,11-14H2,1-4H3,(H,33,37)/t23-,24?/m0/s1. The number of hydrogen-bond acceptors (Lipinski definition) is 4. The molecule has 0 aliphatic carbocycles. The predicted octanol–water partition coefficient (Wildman–Crippen LogP) is 5.64. The Morgan fingerprint density at radius 3 is 2.43 bits per heavy atom. The highest BCUT2D eigenvalue weighted by atomic mass is 19.4. The Balaban J connectivity index is 2.02. The number of halogens is 3. The first kappa shape index (κ1) is 28.3. The number of aryl methyl sites for hydroxylation is 1. The minimum Gasteiger partial charge on any atom is -0.347 e. The summed E-state index contributed by atoms with van der Waals surface area (Å²) < 4.78 is 41.6. The summed E-state index contributed by atoms with van der Waals surface area (Å²) in [6, 6.07) is 6.43. The number of piperidine rings is 1. The molecule has 9 heteroatoms. The second kappa shape index (κ2) is 11.9. The zero-order valence-corrected chi connectivity index (χ0v) is 21.7. The molecule has 2 atom stereocenters. The van der Waals surface area contributed by atoms with E-state index in [1.54, 1.807) is 36.1 Å². The summed E-state index contributed by atoms with van der Waals surface area (Å²) in [5.74, 6) is -0.630. The zero-order chi connectivity index (χ0) is 27.3. The molecule has 1 aromatic heterocycles. The van der Waals surface area contributed by atoms with E-state index in [1.807, 2.05) is 13.8 Å². The number of likely N-dealkylation sites (tertiary alicyclic amines) is 1. The second-order valence-corrected chi connectivity index (χ2v) is 10.1. The fourth-order valence-corrected chi connectivity index (χ4v) is 4.76. The van der Waals surface area contributed by atoms with Gasteiger partial charge < -0.3 is 10.2 Å². The van der Waals surface area contributed by atoms with Crippen LogP contribution in [0.1, 0.15) is 75.7 Å². The molecule has 0 radical (unpaired) electrons. The number of carbonyl (C=O) groups is 3. The van der Waals surface area contributed by atoms with Gasteiger partial charge in [0.05, 0.1) is 6.04 Å². The summed E-state index contributed by atoms with van der Waals surface area (Å²) >= 11 is 0. The molecular weight excluding hydrogens is 483 g/mol. The van der Waals surface area contributed by atoms with Crippen molar-refractivity contribution in [3.05, 3.63) is 53.3 Å². The van der Waals surface area contributed by atoms with Crippen molar-refractivity contribution in [3.8, 4) is 11.1 Å². The quantitative estimate of drug-likeness (QED) is 0.467. The Bertz CT molecular complexity index is 1150. The Hall–Kier alpha value is -3.23. The molecule has 1 aromatic carbocycles. The Kier molecular flexibility index (Phi) is 9.10. The van der Waals surface area contributed by atoms with Crippen molar-refractivity contribution >= 4 is 17.6 Å². The van der Waals surface area contributed by atoms with Gasteiger partial charge in [0.25, 0.3) is 0 Å². The van der Waals surface area contributed by atoms with Crippen LogP contribution >= 0.6 is 0 Å². The van der Waals surface area contributed by atoms with Crippen molar-refractivity contribution < 1.29 is 27.6 Å². The van der Waals surface area contributed by atoms with E-state index in [-0.39, 0.29) is 29.6 Å². The minimum absolute atomic E-state index is 0.0896. The summed E-state index contributed by atoms with van der Waals surface area (Å²) in [4.78, 5) is 43.6. The van der Waals surface area contributed by atoms with Crippen LogP contribution in [-0.4, -0.2) is 40.1 Å². The van der Waals surface area contributed by atoms with E-state index in [4.69, 9.17) is 0 Å². The SMILES string of the molecule is CC(=O)C[C@H](NC(=O)C(CC(C)C)N1CCCCC1=O)c1cnc(C(F)(F)F)c(-c2ccccc2C)c1. The fraction of sp³-hybridized carbons (Fsp3) is 0.500. The predicted molar refractivity (Wildman–Crippen MR) is 134 cm³/mol. The number of amides is 2. The molecule has 2 heterocycles. The van der Waals surface area contributed by atoms with Crippen molar-refractivity contribution in [2.45, 2.75) is 78.1 Å². The molecule has 1 fully saturated rings. The lowest BCUT2D eigenvalue weighted by Gasteiger charge is -2.35. The lowest BCUT2D eigenvalue weighted by Crippen LogP contribution is -2.52. The maximum Gasteiger partial charge on any atom is 0.433 e. The van der Waals surface area contributed by atoms with E-state index in [2.05, 4.69) is 10.3 Å². The van der Waals surface area contributed by atoms with Crippen LogP contribution in [0.15, 0.2) is 36.5 Å². The number of benzene rings is 1. The number of rotatable bonds is 9. The van der Waals surface area contributed by atoms with E-state index in [0.717, 1.165) is 19.0 Å². The molecular formula is C28H34F3N3O3. The van der Waals surface area contributed by atoms with Gasteiger partial charge in [-0.3, -0.25) is 19.4 Å². The number of nitrogens with one attached hydrogen (secondary N) is 1. The van der Waals surface area contributed by atoms with E-state index >= 15 is 0 Å². The monoisotopic (exact) mass is 517 g/mol. The van der Waals surface area contributed by atoms with Crippen LogP contribution in [-0.2, 0) is 20.6 Å². The lowest BCUT2D eigenvalue weighted by atomic mass is 9.94. The Labute approximate surface area is 215 Å². The molecule has 2 aromatic rings. The van der Waals surface area contributed by atoms with Gasteiger partial charge in [0.2, 0.25) is 11.8 Å². The van der Waals surface area contributed by atoms with Gasteiger partial charge in [-0.15, -0.1) is 0 Å². The smallest absolute Gasteiger partial charge is 0.347 e. The van der Waals surface area contributed by atoms with Gasteiger partial charge in [0.1, 0.15) is 11.8 Å². The summed E-state index contributed by atoms with van der Waals surface area (Å²) in [5, 5.41) is 2.86. The molecule has 1 unspecified atom stereocenters. The van der Waals surface area contributed by atoms with Crippen LogP contribution in [0, 0.1) is 12.8 Å². The van der Waals surface area contributed by atoms with Gasteiger partial charge in [-0.1, -0.05) is 38.1 Å². The normalized spacial score (nSPS) is 16.0. The summed E-state index contributed by atoms with van der Waals surface area (Å²) in [5.41, 5.74) is 0.155. The third-order valence-electron chi connectivity index (χ3n) is 6.56. The Morgan fingerprint density at radius 1 is 1.14 bits per heavy atom. The van der Waals surface area contributed by atoms with E-state index in [9.17, 15) is 27.6 Å². The first-order valence-electron chi connectivity index (χ1n) is 12.6. The maximum atomic E-state index is 13.9. The molecule has 0 spiro atoms. The first-order valence-corrected chi connectivity index (χ1v) is 12.6. The van der Waals surface area contributed by atoms with Crippen LogP contribution in [0.4, 0.5) is 13.2 Å². The summed E-state index contributed by atoms with van der Waals surface area (Å²) in [7, 11) is 0. The van der Waals surface area contributed by atoms with E-state index in [0.29, 0.717) is 36.1 Å². The zero-order valence-electron chi connectivity index (χ0n) is 21.7. The number of pyridine rings is 1. The van der Waals surface area contributed by atoms with Crippen molar-refractivity contribution in [1.29, 1.82) is 0 Å². The van der Waals surface area contributed by atoms with Crippen LogP contribution in [0.25, 0.3) is 11.1 Å². The maximum absolute atomic E-state index is 13.9. The third-order valence-corrected chi connectivity index (χ3v) is 6.56. The van der Waals surface area contributed by atoms with Crippen molar-refractivity contribution in [2.75, 3.05) is 6.54 Å². The van der Waals surface area contributed by atoms with E-state index < -0.39 is 29.9 Å². The summed E-state index contributed by atoms with van der Waals surface area (Å²) in [6.07, 6.45) is -1.35. The van der Waals surface area contributed by atoms with Gasteiger partial charge in [0.15, 0.2) is 5.69 Å². The van der Waals surface area contributed by atoms with Crippen LogP contribution in [0.2, 0.25) is 0 Å². The number of hydrogen-bond donors (Lipinski definition) is 1. The number of aromatic nitrogens is 1. The number of nitrogens with zero attached hydrogens (tertiary/aromatic N) is 2. The molecule has 0 bridgehead atoms. The topological polar surface area (TPSA) is 79.4 Å². The number of ketones is 1. The molecule has 6 nitrogen and oxygen atoms in total. The minimum atomic E-state index is -4.69. The van der Waals surface area contributed by atoms with Crippen molar-refractivity contribution in [3.63, 3.8) is 0 Å². The largest absolute Gasteiger partial charge is 0.433 e. The lowest BCUT2D eigenvalue weighted by molar-refractivity contribution is -0.143. The van der Waals surface area contributed by atoms with Gasteiger partial charge in [0, 0.05) is 31.1 Å². The fourth-order valence-electron chi connectivity index (χ4n) is 4.76. The Morgan fingerprint density at radius 2 is 1.84 bits per heavy atom. The molecule has 200 valence electrons. The number of Topliss-reactive ketones (excluding diaryl/α,β-unsaturated/α-hetero) is 1. The average Bonchev–Trinajstić information content (AvgIpc) is 2.81. The van der Waals surface area contributed by atoms with Crippen molar-refractivity contribution in [2.24, 2.45) is 5.92 Å². The first-order chi connectivity index (χ1) is 17.4. The highest BCUT2D eigenvalue weighted by molar-refractivity contribution is 5.89. The molecule has 1 aliphatic rings. The van der Waals surface area contributed by atoms with Crippen LogP contribution in [0.5, 0.6) is 0 Å². The number of alkyl halides is 3. The molecule has 1 N–H and O–H groups in total. The molecule has 2 amide bonds. The highest BCUT2D eigenvalue weighted by Crippen LogP contribution is 2.38. The highest BCUT2D eigenvalue weighted by Gasteiger charge is 2.37. The van der Waals surface area contributed by atoms with Crippen molar-refractivity contribution in [1.82, 2.24) is 15.2 Å². The molecule has 1 saturated heterocycles.